The van der Waals surface area contributed by atoms with Gasteiger partial charge >= 0.3 is 0 Å². The zero-order valence-electron chi connectivity index (χ0n) is 13.0. The van der Waals surface area contributed by atoms with Crippen molar-refractivity contribution in [3.05, 3.63) is 59.2 Å². The number of aromatic nitrogens is 1. The third kappa shape index (κ3) is 3.48. The molecule has 0 spiro atoms. The van der Waals surface area contributed by atoms with Gasteiger partial charge < -0.3 is 9.64 Å². The highest BCUT2D eigenvalue weighted by Crippen LogP contribution is 2.27. The molecule has 1 amide bonds. The molecule has 5 heteroatoms. The topological polar surface area (TPSA) is 42.4 Å². The minimum Gasteiger partial charge on any atom is -0.470 e. The molecule has 3 rings (SSSR count). The molecule has 1 saturated heterocycles. The predicted molar refractivity (Wildman–Crippen MR) is 89.7 cm³/mol. The summed E-state index contributed by atoms with van der Waals surface area (Å²) in [6.07, 6.45) is 2.39. The number of carbonyl (C=O) groups excluding carboxylic acids is 1. The molecule has 1 fully saturated rings. The average Bonchev–Trinajstić information content (AvgIpc) is 2.53. The van der Waals surface area contributed by atoms with Gasteiger partial charge in [-0.25, -0.2) is 4.98 Å². The Morgan fingerprint density at radius 2 is 2.04 bits per heavy atom. The number of nitrogens with zero attached hydrogens (tertiary/aromatic N) is 2. The maximum absolute atomic E-state index is 12.7. The van der Waals surface area contributed by atoms with E-state index in [0.717, 1.165) is 12.0 Å². The molecule has 2 heterocycles. The van der Waals surface area contributed by atoms with Gasteiger partial charge in [0.15, 0.2) is 0 Å². The van der Waals surface area contributed by atoms with Gasteiger partial charge in [-0.3, -0.25) is 4.79 Å². The number of hydrogen-bond acceptors (Lipinski definition) is 3. The van der Waals surface area contributed by atoms with Crippen molar-refractivity contribution in [2.45, 2.75) is 25.4 Å². The number of pyridine rings is 1. The summed E-state index contributed by atoms with van der Waals surface area (Å²) in [6.45, 7) is 3.20. The van der Waals surface area contributed by atoms with E-state index < -0.39 is 0 Å². The summed E-state index contributed by atoms with van der Waals surface area (Å²) in [5.74, 6) is 0.502. The van der Waals surface area contributed by atoms with Crippen LogP contribution in [0.3, 0.4) is 0 Å². The normalized spacial score (nSPS) is 15.8. The molecule has 0 N–H and O–H groups in total. The first-order chi connectivity index (χ1) is 11.2. The molecular weight excluding hydrogens is 312 g/mol. The summed E-state index contributed by atoms with van der Waals surface area (Å²) < 4.78 is 5.74. The molecule has 23 heavy (non-hydrogen) atoms. The van der Waals surface area contributed by atoms with Crippen LogP contribution in [0.1, 0.15) is 24.8 Å². The van der Waals surface area contributed by atoms with Gasteiger partial charge in [0.2, 0.25) is 11.8 Å². The molecular formula is C18H19ClN2O2. The summed E-state index contributed by atoms with van der Waals surface area (Å²) in [6, 6.07) is 13.4. The van der Waals surface area contributed by atoms with Gasteiger partial charge in [0.05, 0.1) is 19.0 Å². The van der Waals surface area contributed by atoms with E-state index in [1.54, 1.807) is 18.3 Å². The zero-order valence-corrected chi connectivity index (χ0v) is 13.7. The smallest absolute Gasteiger partial charge is 0.232 e. The molecule has 1 aromatic heterocycles. The van der Waals surface area contributed by atoms with E-state index >= 15 is 0 Å². The Kier molecular flexibility index (Phi) is 4.82. The lowest BCUT2D eigenvalue weighted by molar-refractivity contribution is -0.141. The molecule has 1 aliphatic rings. The molecule has 2 aromatic rings. The van der Waals surface area contributed by atoms with Crippen molar-refractivity contribution in [2.24, 2.45) is 0 Å². The minimum atomic E-state index is -0.0874. The van der Waals surface area contributed by atoms with Crippen molar-refractivity contribution >= 4 is 17.5 Å². The van der Waals surface area contributed by atoms with Crippen LogP contribution in [0.25, 0.3) is 0 Å². The van der Waals surface area contributed by atoms with Crippen molar-refractivity contribution < 1.29 is 9.53 Å². The van der Waals surface area contributed by atoms with Crippen LogP contribution in [0.15, 0.2) is 48.7 Å². The Labute approximate surface area is 141 Å². The van der Waals surface area contributed by atoms with Crippen molar-refractivity contribution in [3.63, 3.8) is 0 Å². The van der Waals surface area contributed by atoms with Crippen LogP contribution in [0, 0.1) is 0 Å². The molecule has 0 bridgehead atoms. The van der Waals surface area contributed by atoms with Crippen LogP contribution in [0.2, 0.25) is 5.02 Å². The molecule has 0 saturated carbocycles. The van der Waals surface area contributed by atoms with E-state index in [9.17, 15) is 4.79 Å². The Bertz CT molecular complexity index is 672. The second-order valence-corrected chi connectivity index (χ2v) is 6.05. The van der Waals surface area contributed by atoms with Gasteiger partial charge in [0.25, 0.3) is 0 Å². The van der Waals surface area contributed by atoms with Crippen LogP contribution in [-0.4, -0.2) is 35.0 Å². The SMILES string of the molecule is CCC(C(=O)N1CC(Oc2ncccc2Cl)C1)c1ccccc1. The number of carbonyl (C=O) groups is 1. The fourth-order valence-electron chi connectivity index (χ4n) is 2.77. The Morgan fingerprint density at radius 1 is 1.30 bits per heavy atom. The summed E-state index contributed by atoms with van der Waals surface area (Å²) in [5.41, 5.74) is 1.07. The van der Waals surface area contributed by atoms with Crippen molar-refractivity contribution in [2.75, 3.05) is 13.1 Å². The molecule has 1 atom stereocenters. The lowest BCUT2D eigenvalue weighted by Crippen LogP contribution is -2.57. The third-order valence-corrected chi connectivity index (χ3v) is 4.36. The fourth-order valence-corrected chi connectivity index (χ4v) is 2.93. The first-order valence-corrected chi connectivity index (χ1v) is 8.17. The van der Waals surface area contributed by atoms with Crippen molar-refractivity contribution in [1.82, 2.24) is 9.88 Å². The van der Waals surface area contributed by atoms with Crippen molar-refractivity contribution in [3.8, 4) is 5.88 Å². The van der Waals surface area contributed by atoms with Gasteiger partial charge in [-0.05, 0) is 24.1 Å². The van der Waals surface area contributed by atoms with Crippen LogP contribution < -0.4 is 4.74 Å². The molecule has 0 aliphatic carbocycles. The van der Waals surface area contributed by atoms with Crippen LogP contribution in [-0.2, 0) is 4.79 Å². The number of halogens is 1. The maximum atomic E-state index is 12.7. The van der Waals surface area contributed by atoms with E-state index in [1.165, 1.54) is 0 Å². The summed E-state index contributed by atoms with van der Waals surface area (Å²) in [4.78, 5) is 18.6. The molecule has 4 nitrogen and oxygen atoms in total. The Balaban J connectivity index is 1.58. The number of amides is 1. The first kappa shape index (κ1) is 15.8. The highest BCUT2D eigenvalue weighted by Gasteiger charge is 2.36. The Hall–Kier alpha value is -2.07. The van der Waals surface area contributed by atoms with E-state index in [4.69, 9.17) is 16.3 Å². The number of hydrogen-bond donors (Lipinski definition) is 0. The maximum Gasteiger partial charge on any atom is 0.232 e. The van der Waals surface area contributed by atoms with E-state index in [2.05, 4.69) is 4.98 Å². The fraction of sp³-hybridized carbons (Fsp3) is 0.333. The van der Waals surface area contributed by atoms with Crippen molar-refractivity contribution in [1.29, 1.82) is 0 Å². The van der Waals surface area contributed by atoms with Gasteiger partial charge in [-0.15, -0.1) is 0 Å². The number of rotatable bonds is 5. The highest BCUT2D eigenvalue weighted by atomic mass is 35.5. The van der Waals surface area contributed by atoms with Gasteiger partial charge in [0, 0.05) is 6.20 Å². The van der Waals surface area contributed by atoms with Gasteiger partial charge in [-0.2, -0.15) is 0 Å². The van der Waals surface area contributed by atoms with Gasteiger partial charge in [0.1, 0.15) is 11.1 Å². The lowest BCUT2D eigenvalue weighted by atomic mass is 9.93. The third-order valence-electron chi connectivity index (χ3n) is 4.07. The number of ether oxygens (including phenoxy) is 1. The minimum absolute atomic E-state index is 0.0420. The Morgan fingerprint density at radius 3 is 2.70 bits per heavy atom. The zero-order chi connectivity index (χ0) is 16.2. The van der Waals surface area contributed by atoms with E-state index in [1.807, 2.05) is 42.2 Å². The molecule has 1 unspecified atom stereocenters. The molecule has 0 radical (unpaired) electrons. The summed E-state index contributed by atoms with van der Waals surface area (Å²) in [5, 5.41) is 0.494. The summed E-state index contributed by atoms with van der Waals surface area (Å²) >= 11 is 6.03. The quantitative estimate of drug-likeness (QED) is 0.842. The average molecular weight is 331 g/mol. The van der Waals surface area contributed by atoms with Gasteiger partial charge in [-0.1, -0.05) is 48.9 Å². The van der Waals surface area contributed by atoms with Crippen LogP contribution >= 0.6 is 11.6 Å². The van der Waals surface area contributed by atoms with Crippen LogP contribution in [0.5, 0.6) is 5.88 Å². The molecule has 120 valence electrons. The summed E-state index contributed by atoms with van der Waals surface area (Å²) in [7, 11) is 0. The number of likely N-dealkylation sites (tertiary alicyclic amines) is 1. The first-order valence-electron chi connectivity index (χ1n) is 7.80. The number of benzene rings is 1. The second kappa shape index (κ2) is 7.01. The second-order valence-electron chi connectivity index (χ2n) is 5.64. The predicted octanol–water partition coefficient (Wildman–Crippen LogP) is 3.52. The monoisotopic (exact) mass is 330 g/mol. The largest absolute Gasteiger partial charge is 0.470 e. The standard InChI is InChI=1S/C18H19ClN2O2/c1-2-15(13-7-4-3-5-8-13)18(22)21-11-14(12-21)23-17-16(19)9-6-10-20-17/h3-10,14-15H,2,11-12H2,1H3. The lowest BCUT2D eigenvalue weighted by Gasteiger charge is -2.40. The van der Waals surface area contributed by atoms with E-state index in [0.29, 0.717) is 24.0 Å². The van der Waals surface area contributed by atoms with E-state index in [-0.39, 0.29) is 17.9 Å². The highest BCUT2D eigenvalue weighted by molar-refractivity contribution is 6.31. The van der Waals surface area contributed by atoms with Crippen LogP contribution in [0.4, 0.5) is 0 Å². The molecule has 1 aromatic carbocycles. The molecule has 1 aliphatic heterocycles.